The highest BCUT2D eigenvalue weighted by molar-refractivity contribution is 7.99. The maximum atomic E-state index is 3.69. The Bertz CT molecular complexity index is 197. The van der Waals surface area contributed by atoms with Crippen molar-refractivity contribution in [1.29, 1.82) is 0 Å². The third kappa shape index (κ3) is 6.12. The summed E-state index contributed by atoms with van der Waals surface area (Å²) in [6.45, 7) is 11.7. The topological polar surface area (TPSA) is 15.3 Å². The van der Waals surface area contributed by atoms with Gasteiger partial charge in [-0.05, 0) is 44.2 Å². The quantitative estimate of drug-likeness (QED) is 0.707. The fraction of sp³-hybridized carbons (Fsp3) is 1.00. The lowest BCUT2D eigenvalue weighted by Crippen LogP contribution is -2.50. The molecule has 0 aromatic heterocycles. The zero-order valence-corrected chi connectivity index (χ0v) is 12.9. The van der Waals surface area contributed by atoms with Crippen molar-refractivity contribution in [2.24, 2.45) is 0 Å². The van der Waals surface area contributed by atoms with Crippen molar-refractivity contribution < 1.29 is 0 Å². The fourth-order valence-electron chi connectivity index (χ4n) is 2.60. The van der Waals surface area contributed by atoms with Gasteiger partial charge < -0.3 is 5.32 Å². The Labute approximate surface area is 112 Å². The van der Waals surface area contributed by atoms with Crippen molar-refractivity contribution >= 4 is 11.8 Å². The van der Waals surface area contributed by atoms with Gasteiger partial charge in [-0.25, -0.2) is 0 Å². The summed E-state index contributed by atoms with van der Waals surface area (Å²) in [5, 5.41) is 3.69. The molecule has 0 bridgehead atoms. The Balaban J connectivity index is 2.27. The van der Waals surface area contributed by atoms with E-state index in [0.29, 0.717) is 12.1 Å². The second-order valence-electron chi connectivity index (χ2n) is 5.49. The molecule has 0 aromatic carbocycles. The number of thioether (sulfide) groups is 1. The van der Waals surface area contributed by atoms with E-state index in [1.165, 1.54) is 43.9 Å². The Kier molecular flexibility index (Phi) is 7.56. The first-order valence-corrected chi connectivity index (χ1v) is 8.36. The second-order valence-corrected chi connectivity index (χ2v) is 6.88. The minimum absolute atomic E-state index is 0.617. The Morgan fingerprint density at radius 3 is 2.76 bits per heavy atom. The monoisotopic (exact) mass is 258 g/mol. The van der Waals surface area contributed by atoms with Crippen molar-refractivity contribution in [3.05, 3.63) is 0 Å². The number of likely N-dealkylation sites (tertiary alicyclic amines) is 1. The minimum Gasteiger partial charge on any atom is -0.311 e. The average molecular weight is 258 g/mol. The third-order valence-corrected chi connectivity index (χ3v) is 4.46. The molecule has 102 valence electrons. The number of nitrogens with zero attached hydrogens (tertiary/aromatic N) is 1. The molecule has 3 heteroatoms. The molecule has 0 aliphatic carbocycles. The van der Waals surface area contributed by atoms with Crippen LogP contribution < -0.4 is 5.32 Å². The van der Waals surface area contributed by atoms with Crippen LogP contribution in [-0.2, 0) is 0 Å². The Morgan fingerprint density at radius 2 is 2.12 bits per heavy atom. The molecule has 0 radical (unpaired) electrons. The van der Waals surface area contributed by atoms with Gasteiger partial charge in [0.15, 0.2) is 0 Å². The normalized spacial score (nSPS) is 24.2. The van der Waals surface area contributed by atoms with E-state index in [4.69, 9.17) is 0 Å². The maximum Gasteiger partial charge on any atom is 0.0197 e. The van der Waals surface area contributed by atoms with Gasteiger partial charge in [-0.1, -0.05) is 20.8 Å². The first-order valence-electron chi connectivity index (χ1n) is 7.21. The fourth-order valence-corrected chi connectivity index (χ4v) is 3.39. The average Bonchev–Trinajstić information content (AvgIpc) is 2.28. The van der Waals surface area contributed by atoms with Gasteiger partial charge in [0.05, 0.1) is 0 Å². The Morgan fingerprint density at radius 1 is 1.35 bits per heavy atom. The molecular weight excluding hydrogens is 228 g/mol. The summed E-state index contributed by atoms with van der Waals surface area (Å²) in [6.07, 6.45) is 4.05. The first-order chi connectivity index (χ1) is 8.13. The van der Waals surface area contributed by atoms with Gasteiger partial charge in [0, 0.05) is 24.7 Å². The van der Waals surface area contributed by atoms with Crippen LogP contribution in [0, 0.1) is 0 Å². The van der Waals surface area contributed by atoms with Crippen molar-refractivity contribution in [3.63, 3.8) is 0 Å². The molecule has 17 heavy (non-hydrogen) atoms. The Hall–Kier alpha value is 0.270. The molecule has 1 heterocycles. The van der Waals surface area contributed by atoms with Crippen molar-refractivity contribution in [1.82, 2.24) is 10.2 Å². The summed E-state index contributed by atoms with van der Waals surface area (Å²) in [5.41, 5.74) is 0. The van der Waals surface area contributed by atoms with Crippen LogP contribution in [0.5, 0.6) is 0 Å². The number of hydrogen-bond acceptors (Lipinski definition) is 3. The number of rotatable bonds is 7. The molecule has 2 nitrogen and oxygen atoms in total. The molecule has 1 N–H and O–H groups in total. The van der Waals surface area contributed by atoms with Crippen molar-refractivity contribution in [3.8, 4) is 0 Å². The van der Waals surface area contributed by atoms with Crippen LogP contribution in [0.2, 0.25) is 0 Å². The summed E-state index contributed by atoms with van der Waals surface area (Å²) in [5.74, 6) is 2.57. The second kappa shape index (κ2) is 8.39. The minimum atomic E-state index is 0.617. The van der Waals surface area contributed by atoms with E-state index in [0.717, 1.165) is 6.04 Å². The summed E-state index contributed by atoms with van der Waals surface area (Å²) < 4.78 is 0. The van der Waals surface area contributed by atoms with E-state index >= 15 is 0 Å². The molecule has 0 saturated carbocycles. The van der Waals surface area contributed by atoms with Crippen LogP contribution in [0.1, 0.15) is 47.0 Å². The standard InChI is InChI=1S/C14H30N2S/c1-5-17-10-8-13(4)16-9-6-7-14(11-16)15-12(2)3/h12-15H,5-11H2,1-4H3. The SMILES string of the molecule is CCSCCC(C)N1CCCC(NC(C)C)C1. The summed E-state index contributed by atoms with van der Waals surface area (Å²) >= 11 is 2.07. The highest BCUT2D eigenvalue weighted by Crippen LogP contribution is 2.16. The molecule has 1 aliphatic heterocycles. The predicted molar refractivity (Wildman–Crippen MR) is 79.9 cm³/mol. The molecule has 2 unspecified atom stereocenters. The van der Waals surface area contributed by atoms with Gasteiger partial charge in [-0.15, -0.1) is 0 Å². The van der Waals surface area contributed by atoms with Crippen molar-refractivity contribution in [2.75, 3.05) is 24.6 Å². The summed E-state index contributed by atoms with van der Waals surface area (Å²) in [7, 11) is 0. The van der Waals surface area contributed by atoms with Crippen LogP contribution in [0.3, 0.4) is 0 Å². The molecule has 1 fully saturated rings. The van der Waals surface area contributed by atoms with Crippen LogP contribution >= 0.6 is 11.8 Å². The largest absolute Gasteiger partial charge is 0.311 e. The zero-order valence-electron chi connectivity index (χ0n) is 12.0. The van der Waals surface area contributed by atoms with Crippen LogP contribution in [-0.4, -0.2) is 47.6 Å². The van der Waals surface area contributed by atoms with Gasteiger partial charge in [-0.3, -0.25) is 4.90 Å². The maximum absolute atomic E-state index is 3.69. The predicted octanol–water partition coefficient (Wildman–Crippen LogP) is 2.98. The van der Waals surface area contributed by atoms with E-state index in [9.17, 15) is 0 Å². The molecule has 0 amide bonds. The molecular formula is C14H30N2S. The summed E-state index contributed by atoms with van der Waals surface area (Å²) in [4.78, 5) is 2.68. The van der Waals surface area contributed by atoms with Gasteiger partial charge >= 0.3 is 0 Å². The molecule has 0 aromatic rings. The van der Waals surface area contributed by atoms with Gasteiger partial charge in [-0.2, -0.15) is 11.8 Å². The molecule has 0 spiro atoms. The summed E-state index contributed by atoms with van der Waals surface area (Å²) in [6, 6.07) is 2.08. The molecule has 1 saturated heterocycles. The van der Waals surface area contributed by atoms with E-state index in [1.807, 2.05) is 0 Å². The van der Waals surface area contributed by atoms with E-state index in [1.54, 1.807) is 0 Å². The zero-order chi connectivity index (χ0) is 12.7. The van der Waals surface area contributed by atoms with E-state index in [2.05, 4.69) is 49.7 Å². The molecule has 1 aliphatic rings. The lowest BCUT2D eigenvalue weighted by Gasteiger charge is -2.38. The highest BCUT2D eigenvalue weighted by atomic mass is 32.2. The lowest BCUT2D eigenvalue weighted by molar-refractivity contribution is 0.140. The number of piperidine rings is 1. The smallest absolute Gasteiger partial charge is 0.0197 e. The van der Waals surface area contributed by atoms with Gasteiger partial charge in [0.1, 0.15) is 0 Å². The van der Waals surface area contributed by atoms with Crippen LogP contribution in [0.4, 0.5) is 0 Å². The number of nitrogens with one attached hydrogen (secondary N) is 1. The molecule has 1 rings (SSSR count). The number of hydrogen-bond donors (Lipinski definition) is 1. The molecule has 2 atom stereocenters. The van der Waals surface area contributed by atoms with Crippen molar-refractivity contribution in [2.45, 2.75) is 65.1 Å². The lowest BCUT2D eigenvalue weighted by atomic mass is 10.0. The first kappa shape index (κ1) is 15.3. The van der Waals surface area contributed by atoms with E-state index < -0.39 is 0 Å². The van der Waals surface area contributed by atoms with Crippen LogP contribution in [0.25, 0.3) is 0 Å². The van der Waals surface area contributed by atoms with Gasteiger partial charge in [0.2, 0.25) is 0 Å². The van der Waals surface area contributed by atoms with E-state index in [-0.39, 0.29) is 0 Å². The third-order valence-electron chi connectivity index (χ3n) is 3.53. The van der Waals surface area contributed by atoms with Crippen LogP contribution in [0.15, 0.2) is 0 Å². The van der Waals surface area contributed by atoms with Gasteiger partial charge in [0.25, 0.3) is 0 Å². The highest BCUT2D eigenvalue weighted by Gasteiger charge is 2.23.